The number of benzene rings is 1. The molecule has 1 nitrogen and oxygen atoms in total. The van der Waals surface area contributed by atoms with Crippen LogP contribution in [0.25, 0.3) is 0 Å². The van der Waals surface area contributed by atoms with E-state index in [1.165, 1.54) is 0 Å². The Labute approximate surface area is 89.8 Å². The smallest absolute Gasteiger partial charge is 0.0461 e. The van der Waals surface area contributed by atoms with E-state index in [-0.39, 0.29) is 0 Å². The van der Waals surface area contributed by atoms with Crippen LogP contribution in [0.15, 0.2) is 48.8 Å². The van der Waals surface area contributed by atoms with E-state index in [1.807, 2.05) is 43.3 Å². The van der Waals surface area contributed by atoms with Crippen molar-refractivity contribution in [2.75, 3.05) is 0 Å². The Morgan fingerprint density at radius 1 is 1.00 bits per heavy atom. The van der Waals surface area contributed by atoms with Gasteiger partial charge < -0.3 is 0 Å². The number of nitrogens with zero attached hydrogens (tertiary/aromatic N) is 1. The van der Waals surface area contributed by atoms with E-state index in [9.17, 15) is 0 Å². The second kappa shape index (κ2) is 4.43. The van der Waals surface area contributed by atoms with Crippen LogP contribution in [0.2, 0.25) is 0 Å². The summed E-state index contributed by atoms with van der Waals surface area (Å²) in [5, 5.41) is 0. The zero-order chi connectivity index (χ0) is 10.5. The van der Waals surface area contributed by atoms with Crippen LogP contribution >= 0.6 is 0 Å². The summed E-state index contributed by atoms with van der Waals surface area (Å²) in [6.45, 7) is 2.04. The predicted molar refractivity (Wildman–Crippen MR) is 61.4 cm³/mol. The van der Waals surface area contributed by atoms with Crippen molar-refractivity contribution < 1.29 is 0 Å². The van der Waals surface area contributed by atoms with Crippen molar-refractivity contribution >= 4 is 0 Å². The summed E-state index contributed by atoms with van der Waals surface area (Å²) >= 11 is 0. The van der Waals surface area contributed by atoms with Crippen molar-refractivity contribution in [1.29, 1.82) is 0 Å². The van der Waals surface area contributed by atoms with Crippen LogP contribution in [0.3, 0.4) is 0 Å². The van der Waals surface area contributed by atoms with Crippen molar-refractivity contribution in [1.82, 2.24) is 4.98 Å². The molecule has 72 valence electrons. The third-order valence-corrected chi connectivity index (χ3v) is 2.15. The number of aromatic nitrogens is 1. The summed E-state index contributed by atoms with van der Waals surface area (Å²) in [4.78, 5) is 4.06. The molecule has 0 N–H and O–H groups in total. The van der Waals surface area contributed by atoms with Gasteiger partial charge in [0, 0.05) is 23.5 Å². The molecule has 0 bridgehead atoms. The highest BCUT2D eigenvalue weighted by Crippen LogP contribution is 2.03. The Hall–Kier alpha value is -2.07. The average molecular weight is 193 g/mol. The Morgan fingerprint density at radius 2 is 1.80 bits per heavy atom. The first kappa shape index (κ1) is 9.48. The molecule has 1 heteroatoms. The van der Waals surface area contributed by atoms with E-state index in [1.54, 1.807) is 12.4 Å². The minimum atomic E-state index is 0.987. The molecule has 2 rings (SSSR count). The van der Waals surface area contributed by atoms with E-state index in [4.69, 9.17) is 0 Å². The third-order valence-electron chi connectivity index (χ3n) is 2.15. The highest BCUT2D eigenvalue weighted by molar-refractivity contribution is 5.44. The van der Waals surface area contributed by atoms with Gasteiger partial charge in [0.05, 0.1) is 0 Å². The number of hydrogen-bond acceptors (Lipinski definition) is 1. The fourth-order valence-corrected chi connectivity index (χ4v) is 1.26. The summed E-state index contributed by atoms with van der Waals surface area (Å²) in [6.07, 6.45) is 3.58. The van der Waals surface area contributed by atoms with Gasteiger partial charge >= 0.3 is 0 Å². The van der Waals surface area contributed by atoms with E-state index >= 15 is 0 Å². The molecule has 0 radical (unpaired) electrons. The molecular formula is C14H11N. The molecule has 1 heterocycles. The fourth-order valence-electron chi connectivity index (χ4n) is 1.26. The molecular weight excluding hydrogens is 182 g/mol. The molecule has 0 atom stereocenters. The van der Waals surface area contributed by atoms with E-state index < -0.39 is 0 Å². The highest BCUT2D eigenvalue weighted by Gasteiger charge is 1.91. The minimum absolute atomic E-state index is 0.987. The van der Waals surface area contributed by atoms with Gasteiger partial charge in [-0.15, -0.1) is 0 Å². The number of rotatable bonds is 0. The third kappa shape index (κ3) is 2.45. The lowest BCUT2D eigenvalue weighted by atomic mass is 10.1. The molecule has 0 unspecified atom stereocenters. The van der Waals surface area contributed by atoms with Crippen LogP contribution in [0.4, 0.5) is 0 Å². The number of aryl methyl sites for hydroxylation is 1. The maximum atomic E-state index is 4.06. The first-order chi connectivity index (χ1) is 7.36. The van der Waals surface area contributed by atoms with Crippen LogP contribution < -0.4 is 0 Å². The molecule has 0 aliphatic carbocycles. The van der Waals surface area contributed by atoms with Gasteiger partial charge in [-0.3, -0.25) is 4.98 Å². The second-order valence-corrected chi connectivity index (χ2v) is 3.31. The summed E-state index contributed by atoms with van der Waals surface area (Å²) in [5.41, 5.74) is 3.18. The highest BCUT2D eigenvalue weighted by atomic mass is 14.6. The Bertz CT molecular complexity index is 504. The molecule has 0 aliphatic heterocycles. The monoisotopic (exact) mass is 193 g/mol. The lowest BCUT2D eigenvalue weighted by Crippen LogP contribution is -1.83. The van der Waals surface area contributed by atoms with Crippen LogP contribution in [0.5, 0.6) is 0 Å². The molecule has 0 spiro atoms. The van der Waals surface area contributed by atoms with Crippen LogP contribution in [0.1, 0.15) is 16.7 Å². The van der Waals surface area contributed by atoms with Gasteiger partial charge in [0.15, 0.2) is 0 Å². The van der Waals surface area contributed by atoms with Gasteiger partial charge in [0.2, 0.25) is 0 Å². The Balaban J connectivity index is 2.31. The molecule has 0 fully saturated rings. The summed E-state index contributed by atoms with van der Waals surface area (Å²) in [5.74, 6) is 6.23. The first-order valence-corrected chi connectivity index (χ1v) is 4.84. The average Bonchev–Trinajstić information content (AvgIpc) is 2.29. The molecule has 1 aromatic carbocycles. The lowest BCUT2D eigenvalue weighted by molar-refractivity contribution is 1.27. The van der Waals surface area contributed by atoms with Crippen molar-refractivity contribution in [3.05, 3.63) is 65.5 Å². The zero-order valence-corrected chi connectivity index (χ0v) is 8.57. The molecule has 15 heavy (non-hydrogen) atoms. The maximum absolute atomic E-state index is 4.06. The van der Waals surface area contributed by atoms with Gasteiger partial charge in [0.25, 0.3) is 0 Å². The molecule has 0 saturated carbocycles. The first-order valence-electron chi connectivity index (χ1n) is 4.84. The normalized spacial score (nSPS) is 9.13. The van der Waals surface area contributed by atoms with E-state index in [0.29, 0.717) is 0 Å². The second-order valence-electron chi connectivity index (χ2n) is 3.31. The Kier molecular flexibility index (Phi) is 2.80. The van der Waals surface area contributed by atoms with Crippen molar-refractivity contribution in [3.8, 4) is 11.8 Å². The van der Waals surface area contributed by atoms with E-state index in [0.717, 1.165) is 16.7 Å². The quantitative estimate of drug-likeness (QED) is 0.586. The van der Waals surface area contributed by atoms with Crippen molar-refractivity contribution in [3.63, 3.8) is 0 Å². The van der Waals surface area contributed by atoms with Gasteiger partial charge in [-0.1, -0.05) is 30.0 Å². The molecule has 0 saturated heterocycles. The molecule has 1 aromatic heterocycles. The minimum Gasteiger partial charge on any atom is -0.263 e. The fraction of sp³-hybridized carbons (Fsp3) is 0.0714. The number of hydrogen-bond donors (Lipinski definition) is 0. The number of pyridine rings is 1. The predicted octanol–water partition coefficient (Wildman–Crippen LogP) is 2.79. The Morgan fingerprint density at radius 3 is 2.53 bits per heavy atom. The van der Waals surface area contributed by atoms with Crippen molar-refractivity contribution in [2.24, 2.45) is 0 Å². The topological polar surface area (TPSA) is 12.9 Å². The van der Waals surface area contributed by atoms with Crippen LogP contribution in [0, 0.1) is 18.8 Å². The zero-order valence-electron chi connectivity index (χ0n) is 8.57. The van der Waals surface area contributed by atoms with E-state index in [2.05, 4.69) is 16.8 Å². The molecule has 2 aromatic rings. The SMILES string of the molecule is Cc1ccncc1C#Cc1ccccc1. The van der Waals surface area contributed by atoms with Gasteiger partial charge in [0.1, 0.15) is 0 Å². The van der Waals surface area contributed by atoms with Gasteiger partial charge in [-0.05, 0) is 30.7 Å². The summed E-state index contributed by atoms with van der Waals surface area (Å²) in [7, 11) is 0. The standard InChI is InChI=1S/C14H11N/c1-12-9-10-15-11-14(12)8-7-13-5-3-2-4-6-13/h2-6,9-11H,1H3. The van der Waals surface area contributed by atoms with Gasteiger partial charge in [-0.25, -0.2) is 0 Å². The lowest BCUT2D eigenvalue weighted by Gasteiger charge is -1.94. The summed E-state index contributed by atoms with van der Waals surface area (Å²) in [6, 6.07) is 11.9. The van der Waals surface area contributed by atoms with Crippen LogP contribution in [-0.2, 0) is 0 Å². The van der Waals surface area contributed by atoms with Gasteiger partial charge in [-0.2, -0.15) is 0 Å². The molecule has 0 aliphatic rings. The largest absolute Gasteiger partial charge is 0.263 e. The van der Waals surface area contributed by atoms with Crippen molar-refractivity contribution in [2.45, 2.75) is 6.92 Å². The molecule has 0 amide bonds. The maximum Gasteiger partial charge on any atom is 0.0461 e. The van der Waals surface area contributed by atoms with Crippen LogP contribution in [-0.4, -0.2) is 4.98 Å². The summed E-state index contributed by atoms with van der Waals surface area (Å²) < 4.78 is 0.